The summed E-state index contributed by atoms with van der Waals surface area (Å²) in [6.45, 7) is 11.3. The van der Waals surface area contributed by atoms with E-state index < -0.39 is 47.0 Å². The summed E-state index contributed by atoms with van der Waals surface area (Å²) in [5.41, 5.74) is -0.511. The van der Waals surface area contributed by atoms with Gasteiger partial charge in [-0.2, -0.15) is 5.10 Å². The van der Waals surface area contributed by atoms with Gasteiger partial charge in [0.1, 0.15) is 29.7 Å². The van der Waals surface area contributed by atoms with Gasteiger partial charge in [-0.1, -0.05) is 20.8 Å². The molecule has 4 rings (SSSR count). The monoisotopic (exact) mass is 580 g/mol. The molecule has 0 aliphatic carbocycles. The normalized spacial score (nSPS) is 18.0. The highest BCUT2D eigenvalue weighted by molar-refractivity contribution is 5.92. The van der Waals surface area contributed by atoms with Crippen molar-refractivity contribution in [2.45, 2.75) is 71.7 Å². The summed E-state index contributed by atoms with van der Waals surface area (Å²) in [6.07, 6.45) is 3.10. The number of pyridine rings is 1. The van der Waals surface area contributed by atoms with Crippen LogP contribution >= 0.6 is 0 Å². The minimum Gasteiger partial charge on any atom is -0.497 e. The average molecular weight is 581 g/mol. The molecule has 1 unspecified atom stereocenters. The van der Waals surface area contributed by atoms with Gasteiger partial charge in [0, 0.05) is 41.9 Å². The van der Waals surface area contributed by atoms with Gasteiger partial charge >= 0.3 is 12.0 Å². The fourth-order valence-electron chi connectivity index (χ4n) is 4.90. The molecule has 1 aliphatic heterocycles. The lowest BCUT2D eigenvalue weighted by molar-refractivity contribution is -0.152. The molecule has 3 aromatic rings. The molecule has 3 atom stereocenters. The third-order valence-corrected chi connectivity index (χ3v) is 6.89. The lowest BCUT2D eigenvalue weighted by Crippen LogP contribution is -2.60. The Morgan fingerprint density at radius 1 is 1.07 bits per heavy atom. The molecule has 0 spiro atoms. The van der Waals surface area contributed by atoms with Gasteiger partial charge in [0.15, 0.2) is 5.82 Å². The predicted molar refractivity (Wildman–Crippen MR) is 157 cm³/mol. The van der Waals surface area contributed by atoms with Gasteiger partial charge in [0.2, 0.25) is 5.91 Å². The van der Waals surface area contributed by atoms with Crippen LogP contribution in [0, 0.1) is 5.41 Å². The van der Waals surface area contributed by atoms with E-state index in [1.165, 1.54) is 12.0 Å². The number of nitrogens with one attached hydrogen (secondary N) is 2. The number of rotatable bonds is 7. The third-order valence-electron chi connectivity index (χ3n) is 6.89. The van der Waals surface area contributed by atoms with Crippen LogP contribution in [0.1, 0.15) is 48.0 Å². The number of esters is 1. The van der Waals surface area contributed by atoms with Crippen molar-refractivity contribution in [3.8, 4) is 17.3 Å². The van der Waals surface area contributed by atoms with Crippen molar-refractivity contribution >= 4 is 28.8 Å². The zero-order chi connectivity index (χ0) is 30.8. The Morgan fingerprint density at radius 2 is 1.81 bits per heavy atom. The summed E-state index contributed by atoms with van der Waals surface area (Å²) < 4.78 is 18.6. The standard InChI is InChI=1S/C30H40N6O6/c1-29(2,3)25(33-28(39)34-30(4,5)6)26(37)35-17-19(15-22(35)27(38)41-8)42-23-16-24(36-13-9-12-31-36)32-21-14-18(40-7)10-11-20(21)23/h9-14,16,19,22,25H,15,17H2,1-8H3,(H2,33,34,39)/t19-,22?,25-/m1/s1. The molecule has 12 nitrogen and oxygen atoms in total. The molecule has 42 heavy (non-hydrogen) atoms. The zero-order valence-electron chi connectivity index (χ0n) is 25.4. The molecule has 3 amide bonds. The van der Waals surface area contributed by atoms with Crippen molar-refractivity contribution in [1.29, 1.82) is 0 Å². The molecule has 1 fully saturated rings. The van der Waals surface area contributed by atoms with E-state index in [4.69, 9.17) is 19.2 Å². The number of likely N-dealkylation sites (tertiary alicyclic amines) is 1. The van der Waals surface area contributed by atoms with Crippen LogP contribution in [0.5, 0.6) is 11.5 Å². The Balaban J connectivity index is 1.65. The van der Waals surface area contributed by atoms with Gasteiger partial charge in [-0.25, -0.2) is 19.3 Å². The molecule has 1 aliphatic rings. The summed E-state index contributed by atoms with van der Waals surface area (Å²) in [7, 11) is 2.87. The Labute approximate surface area is 245 Å². The number of benzene rings is 1. The molecule has 2 aromatic heterocycles. The number of ether oxygens (including phenoxy) is 3. The number of hydrogen-bond acceptors (Lipinski definition) is 8. The van der Waals surface area contributed by atoms with Crippen LogP contribution < -0.4 is 20.1 Å². The Kier molecular flexibility index (Phi) is 8.65. The first kappa shape index (κ1) is 30.6. The number of nitrogens with zero attached hydrogens (tertiary/aromatic N) is 4. The molecular weight excluding hydrogens is 540 g/mol. The van der Waals surface area contributed by atoms with Crippen molar-refractivity contribution in [2.24, 2.45) is 5.41 Å². The Bertz CT molecular complexity index is 1440. The fourth-order valence-corrected chi connectivity index (χ4v) is 4.90. The van der Waals surface area contributed by atoms with Crippen LogP contribution in [0.15, 0.2) is 42.7 Å². The number of carbonyl (C=O) groups excluding carboxylic acids is 3. The van der Waals surface area contributed by atoms with Crippen molar-refractivity contribution in [3.05, 3.63) is 42.7 Å². The van der Waals surface area contributed by atoms with Crippen LogP contribution in [0.4, 0.5) is 4.79 Å². The fraction of sp³-hybridized carbons (Fsp3) is 0.500. The van der Waals surface area contributed by atoms with E-state index in [0.717, 1.165) is 5.39 Å². The maximum absolute atomic E-state index is 14.0. The van der Waals surface area contributed by atoms with Gasteiger partial charge < -0.3 is 29.7 Å². The van der Waals surface area contributed by atoms with Gasteiger partial charge in [-0.15, -0.1) is 0 Å². The molecule has 1 aromatic carbocycles. The van der Waals surface area contributed by atoms with Crippen molar-refractivity contribution in [3.63, 3.8) is 0 Å². The van der Waals surface area contributed by atoms with Crippen LogP contribution in [0.3, 0.4) is 0 Å². The summed E-state index contributed by atoms with van der Waals surface area (Å²) in [5, 5.41) is 10.7. The van der Waals surface area contributed by atoms with E-state index in [2.05, 4.69) is 15.7 Å². The molecule has 12 heteroatoms. The van der Waals surface area contributed by atoms with Crippen LogP contribution in [0.25, 0.3) is 16.7 Å². The summed E-state index contributed by atoms with van der Waals surface area (Å²) in [4.78, 5) is 45.8. The second-order valence-electron chi connectivity index (χ2n) is 12.5. The van der Waals surface area contributed by atoms with Gasteiger partial charge in [0.25, 0.3) is 0 Å². The van der Waals surface area contributed by atoms with Crippen molar-refractivity contribution in [1.82, 2.24) is 30.3 Å². The molecule has 3 heterocycles. The highest BCUT2D eigenvalue weighted by atomic mass is 16.5. The molecule has 226 valence electrons. The Hall–Kier alpha value is -4.35. The van der Waals surface area contributed by atoms with Crippen LogP contribution in [-0.4, -0.2) is 82.1 Å². The second kappa shape index (κ2) is 11.9. The Morgan fingerprint density at radius 3 is 2.40 bits per heavy atom. The number of carbonyl (C=O) groups is 3. The summed E-state index contributed by atoms with van der Waals surface area (Å²) >= 11 is 0. The summed E-state index contributed by atoms with van der Waals surface area (Å²) in [5.74, 6) is 0.745. The maximum atomic E-state index is 14.0. The first-order chi connectivity index (χ1) is 19.7. The molecular formula is C30H40N6O6. The van der Waals surface area contributed by atoms with Crippen molar-refractivity contribution in [2.75, 3.05) is 20.8 Å². The summed E-state index contributed by atoms with van der Waals surface area (Å²) in [6, 6.07) is 6.77. The quantitative estimate of drug-likeness (QED) is 0.406. The molecule has 0 saturated carbocycles. The minimum absolute atomic E-state index is 0.116. The largest absolute Gasteiger partial charge is 0.497 e. The number of urea groups is 1. The highest BCUT2D eigenvalue weighted by Gasteiger charge is 2.46. The zero-order valence-corrected chi connectivity index (χ0v) is 25.4. The lowest BCUT2D eigenvalue weighted by atomic mass is 9.85. The average Bonchev–Trinajstić information content (AvgIpc) is 3.59. The SMILES string of the molecule is COC(=O)C1C[C@@H](Oc2cc(-n3cccn3)nc3cc(OC)ccc23)CN1C(=O)[C@@H](NC(=O)NC(C)(C)C)C(C)(C)C. The van der Waals surface area contributed by atoms with Gasteiger partial charge in [-0.3, -0.25) is 4.79 Å². The second-order valence-corrected chi connectivity index (χ2v) is 12.5. The molecule has 1 saturated heterocycles. The topological polar surface area (TPSA) is 137 Å². The number of methoxy groups -OCH3 is 2. The predicted octanol–water partition coefficient (Wildman–Crippen LogP) is 3.46. The smallest absolute Gasteiger partial charge is 0.328 e. The maximum Gasteiger partial charge on any atom is 0.328 e. The van der Waals surface area contributed by atoms with Crippen molar-refractivity contribution < 1.29 is 28.6 Å². The minimum atomic E-state index is -0.911. The van der Waals surface area contributed by atoms with E-state index in [9.17, 15) is 14.4 Å². The van der Waals surface area contributed by atoms with E-state index in [1.54, 1.807) is 42.4 Å². The van der Waals surface area contributed by atoms with Crippen LogP contribution in [-0.2, 0) is 14.3 Å². The first-order valence-electron chi connectivity index (χ1n) is 13.8. The van der Waals surface area contributed by atoms with Crippen LogP contribution in [0.2, 0.25) is 0 Å². The molecule has 0 bridgehead atoms. The lowest BCUT2D eigenvalue weighted by Gasteiger charge is -2.35. The number of aromatic nitrogens is 3. The first-order valence-corrected chi connectivity index (χ1v) is 13.8. The molecule has 0 radical (unpaired) electrons. The number of fused-ring (bicyclic) bond motifs is 1. The van der Waals surface area contributed by atoms with E-state index in [-0.39, 0.29) is 13.0 Å². The van der Waals surface area contributed by atoms with Gasteiger partial charge in [-0.05, 0) is 44.4 Å². The van der Waals surface area contributed by atoms with E-state index in [0.29, 0.717) is 22.8 Å². The third kappa shape index (κ3) is 6.92. The van der Waals surface area contributed by atoms with Gasteiger partial charge in [0.05, 0.1) is 26.3 Å². The number of amides is 3. The highest BCUT2D eigenvalue weighted by Crippen LogP contribution is 2.33. The molecule has 2 N–H and O–H groups in total. The van der Waals surface area contributed by atoms with E-state index in [1.807, 2.05) is 53.7 Å². The van der Waals surface area contributed by atoms with E-state index >= 15 is 0 Å². The number of hydrogen-bond donors (Lipinski definition) is 2.